The van der Waals surface area contributed by atoms with E-state index in [-0.39, 0.29) is 0 Å². The molecule has 4 heteroatoms. The molecule has 0 aliphatic heterocycles. The summed E-state index contributed by atoms with van der Waals surface area (Å²) in [6.45, 7) is 4.64. The Morgan fingerprint density at radius 3 is 2.68 bits per heavy atom. The Kier molecular flexibility index (Phi) is 5.27. The number of amides is 1. The maximum atomic E-state index is 11.7. The molecule has 4 nitrogen and oxygen atoms in total. The predicted molar refractivity (Wildman–Crippen MR) is 99.3 cm³/mol. The van der Waals surface area contributed by atoms with Crippen molar-refractivity contribution in [2.45, 2.75) is 45.6 Å². The van der Waals surface area contributed by atoms with Crippen LogP contribution in [0.25, 0.3) is 0 Å². The Morgan fingerprint density at radius 2 is 2.04 bits per heavy atom. The van der Waals surface area contributed by atoms with Gasteiger partial charge in [-0.1, -0.05) is 31.2 Å². The summed E-state index contributed by atoms with van der Waals surface area (Å²) in [7, 11) is 1.37. The number of nitrogens with one attached hydrogen (secondary N) is 1. The third-order valence-electron chi connectivity index (χ3n) is 4.67. The summed E-state index contributed by atoms with van der Waals surface area (Å²) in [5, 5.41) is 2.81. The van der Waals surface area contributed by atoms with Gasteiger partial charge in [-0.05, 0) is 60.9 Å². The fraction of sp³-hybridized carbons (Fsp3) is 0.381. The van der Waals surface area contributed by atoms with Gasteiger partial charge < -0.3 is 9.47 Å². The molecule has 1 fully saturated rings. The lowest BCUT2D eigenvalue weighted by atomic mass is 10.0. The number of rotatable bonds is 6. The fourth-order valence-electron chi connectivity index (χ4n) is 3.06. The minimum Gasteiger partial charge on any atom is -0.489 e. The lowest BCUT2D eigenvalue weighted by Crippen LogP contribution is -2.14. The Bertz CT molecular complexity index is 766. The van der Waals surface area contributed by atoms with E-state index in [1.807, 2.05) is 18.2 Å². The van der Waals surface area contributed by atoms with Crippen molar-refractivity contribution in [3.63, 3.8) is 0 Å². The second-order valence-corrected chi connectivity index (χ2v) is 6.51. The van der Waals surface area contributed by atoms with Crippen LogP contribution < -0.4 is 10.1 Å². The summed E-state index contributed by atoms with van der Waals surface area (Å²) in [5.41, 5.74) is 5.49. The van der Waals surface area contributed by atoms with E-state index < -0.39 is 6.09 Å². The first-order valence-corrected chi connectivity index (χ1v) is 8.81. The molecule has 0 saturated heterocycles. The second kappa shape index (κ2) is 7.60. The van der Waals surface area contributed by atoms with E-state index in [4.69, 9.17) is 9.47 Å². The highest BCUT2D eigenvalue weighted by molar-refractivity contribution is 5.86. The molecule has 0 atom stereocenters. The quantitative estimate of drug-likeness (QED) is 0.787. The lowest BCUT2D eigenvalue weighted by molar-refractivity contribution is 0.187. The van der Waals surface area contributed by atoms with E-state index >= 15 is 0 Å². The molecule has 3 rings (SSSR count). The third kappa shape index (κ3) is 4.13. The standard InChI is InChI=1S/C21H25NO3/c1-4-15-8-11-20(14(2)12-15)25-13-18-17(16-9-10-16)6-5-7-19(18)22-21(23)24-3/h5-8,11-12,16H,4,9-10,13H2,1-3H3,(H,22,23). The van der Waals surface area contributed by atoms with Gasteiger partial charge in [-0.15, -0.1) is 0 Å². The topological polar surface area (TPSA) is 47.6 Å². The highest BCUT2D eigenvalue weighted by atomic mass is 16.5. The highest BCUT2D eigenvalue weighted by Gasteiger charge is 2.27. The Balaban J connectivity index is 1.84. The minimum absolute atomic E-state index is 0.429. The van der Waals surface area contributed by atoms with Crippen molar-refractivity contribution in [2.75, 3.05) is 12.4 Å². The second-order valence-electron chi connectivity index (χ2n) is 6.51. The molecule has 1 N–H and O–H groups in total. The van der Waals surface area contributed by atoms with Crippen molar-refractivity contribution in [3.05, 3.63) is 58.7 Å². The van der Waals surface area contributed by atoms with Crippen molar-refractivity contribution in [1.29, 1.82) is 0 Å². The summed E-state index contributed by atoms with van der Waals surface area (Å²) in [4.78, 5) is 11.7. The summed E-state index contributed by atoms with van der Waals surface area (Å²) >= 11 is 0. The molecule has 0 spiro atoms. The number of ether oxygens (including phenoxy) is 2. The zero-order valence-corrected chi connectivity index (χ0v) is 15.1. The van der Waals surface area contributed by atoms with Crippen LogP contribution in [0.1, 0.15) is 47.9 Å². The van der Waals surface area contributed by atoms with E-state index in [1.165, 1.54) is 31.1 Å². The zero-order chi connectivity index (χ0) is 17.8. The largest absolute Gasteiger partial charge is 0.489 e. The molecule has 0 heterocycles. The van der Waals surface area contributed by atoms with Crippen LogP contribution in [0.15, 0.2) is 36.4 Å². The monoisotopic (exact) mass is 339 g/mol. The SMILES string of the molecule is CCc1ccc(OCc2c(NC(=O)OC)cccc2C2CC2)c(C)c1. The van der Waals surface area contributed by atoms with Gasteiger partial charge in [0.2, 0.25) is 0 Å². The van der Waals surface area contributed by atoms with Crippen LogP contribution >= 0.6 is 0 Å². The van der Waals surface area contributed by atoms with E-state index in [9.17, 15) is 4.79 Å². The average molecular weight is 339 g/mol. The molecule has 2 aromatic carbocycles. The van der Waals surface area contributed by atoms with E-state index in [2.05, 4.69) is 37.4 Å². The van der Waals surface area contributed by atoms with Crippen molar-refractivity contribution in [3.8, 4) is 5.75 Å². The highest BCUT2D eigenvalue weighted by Crippen LogP contribution is 2.43. The van der Waals surface area contributed by atoms with Crippen LogP contribution in [0, 0.1) is 6.92 Å². The van der Waals surface area contributed by atoms with Crippen LogP contribution in [0.3, 0.4) is 0 Å². The normalized spacial score (nSPS) is 13.4. The number of methoxy groups -OCH3 is 1. The Morgan fingerprint density at radius 1 is 1.24 bits per heavy atom. The first-order chi connectivity index (χ1) is 12.1. The van der Waals surface area contributed by atoms with Gasteiger partial charge in [0.05, 0.1) is 12.8 Å². The van der Waals surface area contributed by atoms with Crippen LogP contribution in [-0.4, -0.2) is 13.2 Å². The molecular weight excluding hydrogens is 314 g/mol. The van der Waals surface area contributed by atoms with E-state index in [1.54, 1.807) is 0 Å². The van der Waals surface area contributed by atoms with Crippen LogP contribution in [0.2, 0.25) is 0 Å². The van der Waals surface area contributed by atoms with E-state index in [0.29, 0.717) is 12.5 Å². The number of hydrogen-bond acceptors (Lipinski definition) is 3. The predicted octanol–water partition coefficient (Wildman–Crippen LogP) is 5.19. The number of carbonyl (C=O) groups is 1. The number of carbonyl (C=O) groups excluding carboxylic acids is 1. The number of aryl methyl sites for hydroxylation is 2. The fourth-order valence-corrected chi connectivity index (χ4v) is 3.06. The third-order valence-corrected chi connectivity index (χ3v) is 4.67. The summed E-state index contributed by atoms with van der Waals surface area (Å²) in [6.07, 6.45) is 2.94. The Labute approximate surface area is 149 Å². The van der Waals surface area contributed by atoms with Gasteiger partial charge in [-0.2, -0.15) is 0 Å². The smallest absolute Gasteiger partial charge is 0.411 e. The van der Waals surface area contributed by atoms with Gasteiger partial charge in [0, 0.05) is 5.56 Å². The Hall–Kier alpha value is -2.49. The molecule has 0 radical (unpaired) electrons. The average Bonchev–Trinajstić information content (AvgIpc) is 3.46. The summed E-state index contributed by atoms with van der Waals surface area (Å²) < 4.78 is 10.8. The van der Waals surface area contributed by atoms with E-state index in [0.717, 1.165) is 29.0 Å². The number of hydrogen-bond donors (Lipinski definition) is 1. The van der Waals surface area contributed by atoms with Gasteiger partial charge >= 0.3 is 6.09 Å². The number of anilines is 1. The number of benzene rings is 2. The van der Waals surface area contributed by atoms with Crippen LogP contribution in [0.4, 0.5) is 10.5 Å². The molecule has 132 valence electrons. The molecule has 0 bridgehead atoms. The molecule has 1 aliphatic carbocycles. The molecule has 1 aliphatic rings. The van der Waals surface area contributed by atoms with Gasteiger partial charge in [0.1, 0.15) is 12.4 Å². The zero-order valence-electron chi connectivity index (χ0n) is 15.1. The van der Waals surface area contributed by atoms with Crippen molar-refractivity contribution in [1.82, 2.24) is 0 Å². The van der Waals surface area contributed by atoms with Crippen LogP contribution in [-0.2, 0) is 17.8 Å². The van der Waals surface area contributed by atoms with Crippen molar-refractivity contribution in [2.24, 2.45) is 0 Å². The maximum absolute atomic E-state index is 11.7. The van der Waals surface area contributed by atoms with Gasteiger partial charge in [-0.3, -0.25) is 5.32 Å². The first kappa shape index (κ1) is 17.3. The molecular formula is C21H25NO3. The van der Waals surface area contributed by atoms with Crippen molar-refractivity contribution >= 4 is 11.8 Å². The molecule has 25 heavy (non-hydrogen) atoms. The minimum atomic E-state index is -0.460. The first-order valence-electron chi connectivity index (χ1n) is 8.81. The lowest BCUT2D eigenvalue weighted by Gasteiger charge is -2.17. The van der Waals surface area contributed by atoms with Gasteiger partial charge in [0.15, 0.2) is 0 Å². The maximum Gasteiger partial charge on any atom is 0.411 e. The molecule has 2 aromatic rings. The molecule has 1 amide bonds. The summed E-state index contributed by atoms with van der Waals surface area (Å²) in [6, 6.07) is 12.3. The molecule has 0 unspecified atom stereocenters. The van der Waals surface area contributed by atoms with Crippen molar-refractivity contribution < 1.29 is 14.3 Å². The summed E-state index contributed by atoms with van der Waals surface area (Å²) in [5.74, 6) is 1.45. The van der Waals surface area contributed by atoms with Gasteiger partial charge in [-0.25, -0.2) is 4.79 Å². The van der Waals surface area contributed by atoms with Gasteiger partial charge in [0.25, 0.3) is 0 Å². The molecule has 0 aromatic heterocycles. The van der Waals surface area contributed by atoms with Crippen LogP contribution in [0.5, 0.6) is 5.75 Å². The molecule has 1 saturated carbocycles.